The summed E-state index contributed by atoms with van der Waals surface area (Å²) in [5.41, 5.74) is 4.52. The van der Waals surface area contributed by atoms with Gasteiger partial charge in [-0.15, -0.1) is 0 Å². The van der Waals surface area contributed by atoms with Gasteiger partial charge in [0, 0.05) is 22.6 Å². The smallest absolute Gasteiger partial charge is 0.300 e. The Bertz CT molecular complexity index is 1530. The number of carbonyl (C=O) groups is 2. The molecular weight excluding hydrogens is 488 g/mol. The van der Waals surface area contributed by atoms with Gasteiger partial charge < -0.3 is 15.2 Å². The Labute approximate surface area is 228 Å². The zero-order chi connectivity index (χ0) is 27.4. The zero-order valence-electron chi connectivity index (χ0n) is 21.9. The molecule has 6 nitrogen and oxygen atoms in total. The molecule has 196 valence electrons. The van der Waals surface area contributed by atoms with Crippen LogP contribution in [-0.4, -0.2) is 23.4 Å². The van der Waals surface area contributed by atoms with E-state index in [0.29, 0.717) is 23.6 Å². The third-order valence-electron chi connectivity index (χ3n) is 6.59. The first-order valence-electron chi connectivity index (χ1n) is 13.0. The number of nitrogens with zero attached hydrogens (tertiary/aromatic N) is 1. The molecule has 0 aromatic heterocycles. The Morgan fingerprint density at radius 2 is 1.59 bits per heavy atom. The maximum atomic E-state index is 13.5. The molecule has 1 fully saturated rings. The van der Waals surface area contributed by atoms with E-state index in [4.69, 9.17) is 4.74 Å². The summed E-state index contributed by atoms with van der Waals surface area (Å²) in [5, 5.41) is 14.8. The van der Waals surface area contributed by atoms with Crippen molar-refractivity contribution in [2.75, 3.05) is 16.8 Å². The number of aliphatic hydroxyl groups is 1. The Hall–Kier alpha value is -4.84. The Morgan fingerprint density at radius 1 is 0.872 bits per heavy atom. The molecular formula is C33H30N2O4. The first kappa shape index (κ1) is 25.8. The normalized spacial score (nSPS) is 16.4. The van der Waals surface area contributed by atoms with E-state index in [2.05, 4.69) is 5.32 Å². The van der Waals surface area contributed by atoms with Crippen LogP contribution in [0.2, 0.25) is 0 Å². The van der Waals surface area contributed by atoms with Crippen molar-refractivity contribution in [3.8, 4) is 5.75 Å². The number of aryl methyl sites for hydroxylation is 1. The lowest BCUT2D eigenvalue weighted by Crippen LogP contribution is -2.29. The molecule has 39 heavy (non-hydrogen) atoms. The quantitative estimate of drug-likeness (QED) is 0.147. The fourth-order valence-corrected chi connectivity index (χ4v) is 4.76. The number of rotatable bonds is 8. The number of aliphatic hydroxyl groups excluding tert-OH is 1. The van der Waals surface area contributed by atoms with Crippen molar-refractivity contribution in [1.82, 2.24) is 0 Å². The molecule has 0 spiro atoms. The van der Waals surface area contributed by atoms with Gasteiger partial charge in [0.1, 0.15) is 11.5 Å². The van der Waals surface area contributed by atoms with Gasteiger partial charge in [-0.05, 0) is 67.4 Å². The Kier molecular flexibility index (Phi) is 7.46. The number of Topliss-reactive ketones (excluding diaryl/α,β-unsaturated/α-hetero) is 1. The number of benzene rings is 4. The van der Waals surface area contributed by atoms with Crippen LogP contribution in [0.4, 0.5) is 17.1 Å². The van der Waals surface area contributed by atoms with Crippen LogP contribution in [-0.2, 0) is 9.59 Å². The molecule has 1 aliphatic rings. The highest BCUT2D eigenvalue weighted by atomic mass is 16.5. The highest BCUT2D eigenvalue weighted by Crippen LogP contribution is 2.42. The van der Waals surface area contributed by atoms with Crippen molar-refractivity contribution in [3.05, 3.63) is 125 Å². The molecule has 5 rings (SSSR count). The minimum absolute atomic E-state index is 0.0460. The predicted octanol–water partition coefficient (Wildman–Crippen LogP) is 7.15. The van der Waals surface area contributed by atoms with Crippen LogP contribution in [0.3, 0.4) is 0 Å². The monoisotopic (exact) mass is 518 g/mol. The van der Waals surface area contributed by atoms with Gasteiger partial charge in [-0.3, -0.25) is 14.5 Å². The van der Waals surface area contributed by atoms with Gasteiger partial charge in [0.15, 0.2) is 0 Å². The predicted molar refractivity (Wildman–Crippen MR) is 154 cm³/mol. The molecule has 2 N–H and O–H groups in total. The third-order valence-corrected chi connectivity index (χ3v) is 6.59. The topological polar surface area (TPSA) is 78.9 Å². The average molecular weight is 519 g/mol. The van der Waals surface area contributed by atoms with Crippen LogP contribution < -0.4 is 15.0 Å². The molecule has 0 radical (unpaired) electrons. The van der Waals surface area contributed by atoms with Crippen molar-refractivity contribution in [1.29, 1.82) is 0 Å². The van der Waals surface area contributed by atoms with Crippen molar-refractivity contribution in [3.63, 3.8) is 0 Å². The second kappa shape index (κ2) is 11.3. The van der Waals surface area contributed by atoms with Gasteiger partial charge in [-0.25, -0.2) is 0 Å². The molecule has 6 heteroatoms. The van der Waals surface area contributed by atoms with Gasteiger partial charge >= 0.3 is 0 Å². The number of hydrogen-bond donors (Lipinski definition) is 2. The number of anilines is 3. The fourth-order valence-electron chi connectivity index (χ4n) is 4.76. The van der Waals surface area contributed by atoms with Crippen LogP contribution in [0.5, 0.6) is 5.75 Å². The number of amides is 1. The van der Waals surface area contributed by atoms with E-state index >= 15 is 0 Å². The van der Waals surface area contributed by atoms with Crippen LogP contribution in [0, 0.1) is 6.92 Å². The van der Waals surface area contributed by atoms with Crippen molar-refractivity contribution in [2.24, 2.45) is 0 Å². The maximum Gasteiger partial charge on any atom is 0.300 e. The number of ether oxygens (including phenoxy) is 1. The van der Waals surface area contributed by atoms with Crippen molar-refractivity contribution in [2.45, 2.75) is 26.3 Å². The lowest BCUT2D eigenvalue weighted by atomic mass is 9.94. The molecule has 0 aliphatic carbocycles. The SMILES string of the molecule is CCCOc1cccc(/C(O)=C2/C(=O)C(=O)N(c3ccc(Nc4ccccc4)cc3)C2c2cccc(C)c2)c1. The van der Waals surface area contributed by atoms with Crippen LogP contribution in [0.25, 0.3) is 5.76 Å². The molecule has 1 unspecified atom stereocenters. The first-order chi connectivity index (χ1) is 19.0. The molecule has 1 aliphatic heterocycles. The molecule has 1 amide bonds. The van der Waals surface area contributed by atoms with Gasteiger partial charge in [0.05, 0.1) is 18.2 Å². The zero-order valence-corrected chi connectivity index (χ0v) is 21.9. The fraction of sp³-hybridized carbons (Fsp3) is 0.152. The van der Waals surface area contributed by atoms with Crippen LogP contribution >= 0.6 is 0 Å². The third kappa shape index (κ3) is 5.41. The molecule has 1 heterocycles. The van der Waals surface area contributed by atoms with Gasteiger partial charge in [0.25, 0.3) is 11.7 Å². The molecule has 0 bridgehead atoms. The summed E-state index contributed by atoms with van der Waals surface area (Å²) in [7, 11) is 0. The second-order valence-corrected chi connectivity index (χ2v) is 9.50. The Balaban J connectivity index is 1.57. The minimum Gasteiger partial charge on any atom is -0.507 e. The van der Waals surface area contributed by atoms with E-state index in [1.807, 2.05) is 80.6 Å². The van der Waals surface area contributed by atoms with Crippen molar-refractivity contribution >= 4 is 34.5 Å². The summed E-state index contributed by atoms with van der Waals surface area (Å²) in [6, 6.07) is 30.9. The van der Waals surface area contributed by atoms with E-state index in [1.165, 1.54) is 4.90 Å². The highest BCUT2D eigenvalue weighted by Gasteiger charge is 2.47. The van der Waals surface area contributed by atoms with E-state index < -0.39 is 17.7 Å². The standard InChI is InChI=1S/C33H30N2O4/c1-3-19-39-28-14-8-11-24(21-28)31(36)29-30(23-10-7-9-22(2)20-23)35(33(38)32(29)37)27-17-15-26(16-18-27)34-25-12-5-4-6-13-25/h4-18,20-21,30,34,36H,3,19H2,1-2H3/b31-29-. The van der Waals surface area contributed by atoms with Crippen molar-refractivity contribution < 1.29 is 19.4 Å². The lowest BCUT2D eigenvalue weighted by molar-refractivity contribution is -0.132. The summed E-state index contributed by atoms with van der Waals surface area (Å²) in [4.78, 5) is 28.4. The second-order valence-electron chi connectivity index (χ2n) is 9.50. The molecule has 4 aromatic rings. The van der Waals surface area contributed by atoms with Gasteiger partial charge in [-0.2, -0.15) is 0 Å². The summed E-state index contributed by atoms with van der Waals surface area (Å²) >= 11 is 0. The Morgan fingerprint density at radius 3 is 2.31 bits per heavy atom. The highest BCUT2D eigenvalue weighted by molar-refractivity contribution is 6.51. The number of para-hydroxylation sites is 1. The summed E-state index contributed by atoms with van der Waals surface area (Å²) < 4.78 is 5.73. The molecule has 0 saturated carbocycles. The molecule has 4 aromatic carbocycles. The first-order valence-corrected chi connectivity index (χ1v) is 13.0. The van der Waals surface area contributed by atoms with Crippen LogP contribution in [0.1, 0.15) is 36.1 Å². The number of hydrogen-bond acceptors (Lipinski definition) is 5. The van der Waals surface area contributed by atoms with Crippen LogP contribution in [0.15, 0.2) is 109 Å². The summed E-state index contributed by atoms with van der Waals surface area (Å²) in [6.45, 7) is 4.50. The van der Waals surface area contributed by atoms with Gasteiger partial charge in [0.2, 0.25) is 0 Å². The van der Waals surface area contributed by atoms with Gasteiger partial charge in [-0.1, -0.05) is 67.1 Å². The summed E-state index contributed by atoms with van der Waals surface area (Å²) in [5.74, 6) is -1.06. The lowest BCUT2D eigenvalue weighted by Gasteiger charge is -2.26. The average Bonchev–Trinajstić information content (AvgIpc) is 3.22. The number of nitrogens with one attached hydrogen (secondary N) is 1. The number of ketones is 1. The maximum absolute atomic E-state index is 13.5. The molecule has 1 atom stereocenters. The number of carbonyl (C=O) groups excluding carboxylic acids is 2. The van der Waals surface area contributed by atoms with E-state index in [1.54, 1.807) is 36.4 Å². The largest absolute Gasteiger partial charge is 0.507 e. The minimum atomic E-state index is -0.793. The molecule has 1 saturated heterocycles. The van der Waals surface area contributed by atoms with E-state index in [9.17, 15) is 14.7 Å². The summed E-state index contributed by atoms with van der Waals surface area (Å²) in [6.07, 6.45) is 0.842. The van der Waals surface area contributed by atoms with E-state index in [-0.39, 0.29) is 11.3 Å². The van der Waals surface area contributed by atoms with E-state index in [0.717, 1.165) is 28.9 Å².